The van der Waals surface area contributed by atoms with Crippen LogP contribution in [0.5, 0.6) is 0 Å². The van der Waals surface area contributed by atoms with E-state index >= 15 is 4.39 Å². The fraction of sp³-hybridized carbons (Fsp3) is 0.417. The van der Waals surface area contributed by atoms with Crippen LogP contribution in [-0.4, -0.2) is 44.5 Å². The van der Waals surface area contributed by atoms with E-state index in [2.05, 4.69) is 5.32 Å². The Labute approximate surface area is 196 Å². The van der Waals surface area contributed by atoms with E-state index in [0.717, 1.165) is 30.3 Å². The van der Waals surface area contributed by atoms with Gasteiger partial charge in [-0.25, -0.2) is 18.4 Å². The van der Waals surface area contributed by atoms with Gasteiger partial charge < -0.3 is 10.4 Å². The molecule has 0 aromatic heterocycles. The maximum absolute atomic E-state index is 16.0. The molecule has 2 fully saturated rings. The van der Waals surface area contributed by atoms with Crippen molar-refractivity contribution in [2.24, 2.45) is 5.92 Å². The van der Waals surface area contributed by atoms with Crippen molar-refractivity contribution in [1.82, 2.24) is 9.21 Å². The first kappa shape index (κ1) is 23.1. The van der Waals surface area contributed by atoms with Crippen LogP contribution in [0.2, 0.25) is 0 Å². The van der Waals surface area contributed by atoms with E-state index in [4.69, 9.17) is 0 Å². The Kier molecular flexibility index (Phi) is 5.20. The largest absolute Gasteiger partial charge is 0.478 e. The number of amides is 1. The Hall–Kier alpha value is -2.69. The molecule has 1 spiro atoms. The molecule has 2 N–H and O–H groups in total. The van der Waals surface area contributed by atoms with Gasteiger partial charge in [-0.15, -0.1) is 3.89 Å². The number of carbonyl (C=O) groups excluding carboxylic acids is 1. The van der Waals surface area contributed by atoms with E-state index in [0.29, 0.717) is 38.8 Å². The predicted octanol–water partition coefficient (Wildman–Crippen LogP) is 3.32. The summed E-state index contributed by atoms with van der Waals surface area (Å²) >= 11 is 0. The molecule has 1 amide bonds. The van der Waals surface area contributed by atoms with Crippen molar-refractivity contribution < 1.29 is 31.9 Å². The molecule has 5 rings (SSSR count). The average Bonchev–Trinajstić information content (AvgIpc) is 3.58. The average molecular weight is 492 g/mol. The molecule has 2 aliphatic heterocycles. The van der Waals surface area contributed by atoms with E-state index < -0.39 is 54.4 Å². The van der Waals surface area contributed by atoms with Crippen LogP contribution in [0.25, 0.3) is 0 Å². The highest BCUT2D eigenvalue weighted by Gasteiger charge is 2.73. The lowest BCUT2D eigenvalue weighted by atomic mass is 9.68. The van der Waals surface area contributed by atoms with Gasteiger partial charge in [0.25, 0.3) is 0 Å². The van der Waals surface area contributed by atoms with Gasteiger partial charge in [-0.1, -0.05) is 0 Å². The molecule has 7 nitrogen and oxygen atoms in total. The fourth-order valence-electron chi connectivity index (χ4n) is 6.29. The predicted molar refractivity (Wildman–Crippen MR) is 120 cm³/mol. The van der Waals surface area contributed by atoms with Gasteiger partial charge in [-0.3, -0.25) is 0 Å². The number of sulfonamides is 1. The highest BCUT2D eigenvalue weighted by Crippen LogP contribution is 2.63. The standard InChI is InChI=1S/C24H24F2N2O5S/c1-14(29)28(34(32,33)17-6-4-16(25)5-7-17)19-9-8-18(23(30)31)21(26)20(19)24(10-12-27-13-11-24)22(28)15-2-3-15/h4-9,15,22,27H,2-3,10-13H2,1H3/p+1. The molecule has 34 heavy (non-hydrogen) atoms. The first-order valence-electron chi connectivity index (χ1n) is 11.3. The SMILES string of the molecule is CC(=O)[N+]1(S(=O)(=O)c2ccc(F)cc2)c2ccc(C(=O)O)c(F)c2C2(CCNCC2)C1C1CC1. The molecule has 1 saturated carbocycles. The third-order valence-corrected chi connectivity index (χ3v) is 9.99. The molecule has 2 aromatic rings. The molecule has 1 aliphatic carbocycles. The Morgan fingerprint density at radius 1 is 1.06 bits per heavy atom. The van der Waals surface area contributed by atoms with E-state index in [9.17, 15) is 27.5 Å². The summed E-state index contributed by atoms with van der Waals surface area (Å²) in [4.78, 5) is 25.1. The first-order chi connectivity index (χ1) is 16.1. The number of carbonyl (C=O) groups is 2. The summed E-state index contributed by atoms with van der Waals surface area (Å²) in [5.74, 6) is -3.91. The summed E-state index contributed by atoms with van der Waals surface area (Å²) < 4.78 is 57.2. The highest BCUT2D eigenvalue weighted by atomic mass is 32.2. The Balaban J connectivity index is 1.91. The van der Waals surface area contributed by atoms with Crippen molar-refractivity contribution in [3.05, 3.63) is 59.2 Å². The fourth-order valence-corrected chi connectivity index (χ4v) is 8.53. The number of nitrogens with one attached hydrogen (secondary N) is 1. The topological polar surface area (TPSA) is 101 Å². The van der Waals surface area contributed by atoms with Crippen LogP contribution in [0.15, 0.2) is 41.3 Å². The van der Waals surface area contributed by atoms with E-state index in [-0.39, 0.29) is 22.1 Å². The number of nitrogens with zero attached hydrogens (tertiary/aromatic N) is 1. The van der Waals surface area contributed by atoms with Gasteiger partial charge in [0.05, 0.1) is 23.5 Å². The molecule has 1 saturated heterocycles. The minimum absolute atomic E-state index is 0.0201. The number of quaternary nitrogens is 1. The molecule has 2 atom stereocenters. The van der Waals surface area contributed by atoms with Crippen LogP contribution in [0, 0.1) is 17.6 Å². The summed E-state index contributed by atoms with van der Waals surface area (Å²) in [6, 6.07) is 5.78. The number of hydrogen-bond acceptors (Lipinski definition) is 5. The normalized spacial score (nSPS) is 25.8. The van der Waals surface area contributed by atoms with Crippen molar-refractivity contribution in [3.8, 4) is 0 Å². The molecule has 2 aromatic carbocycles. The molecule has 2 unspecified atom stereocenters. The Bertz CT molecular complexity index is 1300. The number of carboxylic acids is 1. The van der Waals surface area contributed by atoms with E-state index in [1.165, 1.54) is 13.0 Å². The second-order valence-electron chi connectivity index (χ2n) is 9.42. The molecular formula is C24H25F2N2O5S+. The quantitative estimate of drug-likeness (QED) is 0.637. The Morgan fingerprint density at radius 2 is 1.68 bits per heavy atom. The van der Waals surface area contributed by atoms with Crippen LogP contribution in [-0.2, 0) is 20.2 Å². The number of carboxylic acid groups (broad SMARTS) is 1. The maximum Gasteiger partial charge on any atom is 0.339 e. The smallest absolute Gasteiger partial charge is 0.339 e. The number of benzene rings is 2. The van der Waals surface area contributed by atoms with E-state index in [1.54, 1.807) is 0 Å². The summed E-state index contributed by atoms with van der Waals surface area (Å²) in [7, 11) is -4.52. The zero-order chi connectivity index (χ0) is 24.5. The van der Waals surface area contributed by atoms with Gasteiger partial charge in [-0.2, -0.15) is 8.42 Å². The molecule has 180 valence electrons. The zero-order valence-corrected chi connectivity index (χ0v) is 19.4. The minimum Gasteiger partial charge on any atom is -0.478 e. The zero-order valence-electron chi connectivity index (χ0n) is 18.6. The van der Waals surface area contributed by atoms with Crippen molar-refractivity contribution in [1.29, 1.82) is 0 Å². The number of hydrogen-bond donors (Lipinski definition) is 2. The molecule has 0 radical (unpaired) electrons. The molecule has 10 heteroatoms. The van der Waals surface area contributed by atoms with Gasteiger partial charge in [0.15, 0.2) is 5.69 Å². The maximum atomic E-state index is 16.0. The highest BCUT2D eigenvalue weighted by molar-refractivity contribution is 7.91. The number of piperidine rings is 1. The van der Waals surface area contributed by atoms with Crippen LogP contribution in [0.1, 0.15) is 48.5 Å². The number of aromatic carboxylic acids is 1. The molecule has 3 aliphatic rings. The van der Waals surface area contributed by atoms with Crippen molar-refractivity contribution in [3.63, 3.8) is 0 Å². The third kappa shape index (κ3) is 2.88. The summed E-state index contributed by atoms with van der Waals surface area (Å²) in [6.07, 6.45) is 2.11. The second kappa shape index (κ2) is 7.66. The summed E-state index contributed by atoms with van der Waals surface area (Å²) in [5, 5.41) is 12.8. The molecule has 2 heterocycles. The summed E-state index contributed by atoms with van der Waals surface area (Å²) in [6.45, 7) is 2.14. The van der Waals surface area contributed by atoms with Crippen LogP contribution < -0.4 is 9.21 Å². The van der Waals surface area contributed by atoms with E-state index in [1.807, 2.05) is 0 Å². The monoisotopic (exact) mass is 491 g/mol. The minimum atomic E-state index is -4.52. The van der Waals surface area contributed by atoms with Crippen LogP contribution in [0.4, 0.5) is 14.5 Å². The Morgan fingerprint density at radius 3 is 2.21 bits per heavy atom. The van der Waals surface area contributed by atoms with Crippen molar-refractivity contribution >= 4 is 27.6 Å². The number of fused-ring (bicyclic) bond motifs is 2. The van der Waals surface area contributed by atoms with Crippen molar-refractivity contribution in [2.45, 2.75) is 49.0 Å². The lowest BCUT2D eigenvalue weighted by Crippen LogP contribution is -2.67. The van der Waals surface area contributed by atoms with Gasteiger partial charge in [0.2, 0.25) is 0 Å². The number of rotatable bonds is 4. The molecular weight excluding hydrogens is 466 g/mol. The first-order valence-corrected chi connectivity index (χ1v) is 12.7. The van der Waals surface area contributed by atoms with Crippen LogP contribution >= 0.6 is 0 Å². The second-order valence-corrected chi connectivity index (χ2v) is 11.4. The van der Waals surface area contributed by atoms with Gasteiger partial charge >= 0.3 is 21.9 Å². The lowest BCUT2D eigenvalue weighted by Gasteiger charge is -2.43. The summed E-state index contributed by atoms with van der Waals surface area (Å²) in [5.41, 5.74) is -1.59. The molecule has 0 bridgehead atoms. The van der Waals surface area contributed by atoms with Gasteiger partial charge in [0.1, 0.15) is 22.6 Å². The lowest BCUT2D eigenvalue weighted by molar-refractivity contribution is -0.126. The third-order valence-electron chi connectivity index (χ3n) is 7.69. The number of halogens is 2. The van der Waals surface area contributed by atoms with Crippen LogP contribution in [0.3, 0.4) is 0 Å². The van der Waals surface area contributed by atoms with Gasteiger partial charge in [-0.05, 0) is 69.1 Å². The van der Waals surface area contributed by atoms with Crippen molar-refractivity contribution in [2.75, 3.05) is 13.1 Å². The van der Waals surface area contributed by atoms with Gasteiger partial charge in [0, 0.05) is 12.0 Å².